The number of hydrogen-bond acceptors (Lipinski definition) is 5. The van der Waals surface area contributed by atoms with Gasteiger partial charge in [-0.15, -0.1) is 0 Å². The van der Waals surface area contributed by atoms with Crippen LogP contribution in [0.2, 0.25) is 0 Å². The molecular weight excluding hydrogens is 304 g/mol. The fourth-order valence-corrected chi connectivity index (χ4v) is 2.72. The van der Waals surface area contributed by atoms with Crippen molar-refractivity contribution in [3.63, 3.8) is 0 Å². The fraction of sp³-hybridized carbons (Fsp3) is 0.167. The predicted molar refractivity (Wildman–Crippen MR) is 91.0 cm³/mol. The first-order valence-electron chi connectivity index (χ1n) is 7.75. The highest BCUT2D eigenvalue weighted by atomic mass is 16.3. The van der Waals surface area contributed by atoms with Crippen LogP contribution in [-0.4, -0.2) is 42.7 Å². The molecule has 24 heavy (non-hydrogen) atoms. The van der Waals surface area contributed by atoms with Crippen molar-refractivity contribution < 1.29 is 10.2 Å². The van der Waals surface area contributed by atoms with Crippen molar-refractivity contribution in [2.75, 3.05) is 6.61 Å². The van der Waals surface area contributed by atoms with E-state index in [1.165, 1.54) is 0 Å². The number of hydrogen-bond donors (Lipinski definition) is 2. The van der Waals surface area contributed by atoms with Gasteiger partial charge in [0.1, 0.15) is 5.52 Å². The zero-order chi connectivity index (χ0) is 16.5. The number of benzene rings is 2. The molecule has 2 N–H and O–H groups in total. The molecule has 0 aliphatic heterocycles. The predicted octanol–water partition coefficient (Wildman–Crippen LogP) is 1.86. The summed E-state index contributed by atoms with van der Waals surface area (Å²) in [4.78, 5) is 9.37. The molecule has 0 amide bonds. The van der Waals surface area contributed by atoms with Gasteiger partial charge in [0, 0.05) is 6.42 Å². The van der Waals surface area contributed by atoms with E-state index in [9.17, 15) is 5.11 Å². The molecule has 0 saturated carbocycles. The summed E-state index contributed by atoms with van der Waals surface area (Å²) < 4.78 is 1.73. The number of rotatable bonds is 4. The highest BCUT2D eigenvalue weighted by Crippen LogP contribution is 2.23. The Balaban J connectivity index is 1.99. The third-order valence-electron chi connectivity index (χ3n) is 3.89. The molecular formula is C18H16N4O2. The van der Waals surface area contributed by atoms with Crippen LogP contribution in [0, 0.1) is 0 Å². The zero-order valence-electron chi connectivity index (χ0n) is 12.9. The molecule has 0 unspecified atom stereocenters. The number of fused-ring (bicyclic) bond motifs is 2. The molecule has 6 nitrogen and oxygen atoms in total. The summed E-state index contributed by atoms with van der Waals surface area (Å²) in [6.07, 6.45) is -0.652. The van der Waals surface area contributed by atoms with E-state index in [-0.39, 0.29) is 13.0 Å². The third kappa shape index (κ3) is 2.51. The lowest BCUT2D eigenvalue weighted by Gasteiger charge is -2.03. The number of aliphatic hydroxyl groups excluding tert-OH is 2. The Labute approximate surface area is 138 Å². The number of aromatic nitrogens is 4. The largest absolute Gasteiger partial charge is 0.394 e. The van der Waals surface area contributed by atoms with E-state index < -0.39 is 6.10 Å². The van der Waals surface area contributed by atoms with Gasteiger partial charge < -0.3 is 10.2 Å². The maximum absolute atomic E-state index is 9.82. The topological polar surface area (TPSA) is 84.1 Å². The fourth-order valence-electron chi connectivity index (χ4n) is 2.72. The van der Waals surface area contributed by atoms with E-state index in [1.807, 2.05) is 54.6 Å². The summed E-state index contributed by atoms with van der Waals surface area (Å²) in [5, 5.41) is 23.6. The van der Waals surface area contributed by atoms with Crippen LogP contribution in [-0.2, 0) is 6.42 Å². The smallest absolute Gasteiger partial charge is 0.182 e. The Bertz CT molecular complexity index is 998. The molecule has 2 heterocycles. The first-order valence-corrected chi connectivity index (χ1v) is 7.75. The van der Waals surface area contributed by atoms with E-state index >= 15 is 0 Å². The van der Waals surface area contributed by atoms with Crippen molar-refractivity contribution in [2.45, 2.75) is 12.5 Å². The molecule has 4 aromatic rings. The lowest BCUT2D eigenvalue weighted by atomic mass is 10.2. The SMILES string of the molecule is OC[C@@H](O)Cc1nn(-c2ccccc2)c2nc3ccccc3nc12. The molecule has 0 fully saturated rings. The molecule has 4 rings (SSSR count). The van der Waals surface area contributed by atoms with Crippen molar-refractivity contribution in [3.05, 3.63) is 60.3 Å². The van der Waals surface area contributed by atoms with Crippen LogP contribution in [0.15, 0.2) is 54.6 Å². The Morgan fingerprint density at radius 2 is 1.58 bits per heavy atom. The van der Waals surface area contributed by atoms with Gasteiger partial charge in [0.25, 0.3) is 0 Å². The minimum Gasteiger partial charge on any atom is -0.394 e. The molecule has 2 aromatic heterocycles. The van der Waals surface area contributed by atoms with E-state index in [2.05, 4.69) is 10.1 Å². The van der Waals surface area contributed by atoms with Crippen molar-refractivity contribution in [2.24, 2.45) is 0 Å². The van der Waals surface area contributed by atoms with E-state index in [1.54, 1.807) is 4.68 Å². The van der Waals surface area contributed by atoms with Crippen LogP contribution in [0.1, 0.15) is 5.69 Å². The third-order valence-corrected chi connectivity index (χ3v) is 3.89. The van der Waals surface area contributed by atoms with E-state index in [4.69, 9.17) is 10.1 Å². The summed E-state index contributed by atoms with van der Waals surface area (Å²) in [5.41, 5.74) is 4.34. The minimum atomic E-state index is -0.874. The highest BCUT2D eigenvalue weighted by molar-refractivity contribution is 5.86. The first kappa shape index (κ1) is 14.7. The van der Waals surface area contributed by atoms with Crippen LogP contribution in [0.5, 0.6) is 0 Å². The van der Waals surface area contributed by atoms with Crippen molar-refractivity contribution in [1.29, 1.82) is 0 Å². The summed E-state index contributed by atoms with van der Waals surface area (Å²) in [6.45, 7) is -0.319. The standard InChI is InChI=1S/C18H16N4O2/c23-11-13(24)10-16-17-18(20-15-9-5-4-8-14(15)19-17)22(21-16)12-6-2-1-3-7-12/h1-9,13,23-24H,10-11H2/t13-/m0/s1. The molecule has 0 bridgehead atoms. The molecule has 120 valence electrons. The highest BCUT2D eigenvalue weighted by Gasteiger charge is 2.18. The maximum Gasteiger partial charge on any atom is 0.182 e. The number of nitrogens with zero attached hydrogens (tertiary/aromatic N) is 4. The van der Waals surface area contributed by atoms with Gasteiger partial charge in [0.05, 0.1) is 35.1 Å². The average molecular weight is 320 g/mol. The molecule has 0 radical (unpaired) electrons. The minimum absolute atomic E-state index is 0.222. The van der Waals surface area contributed by atoms with Gasteiger partial charge in [0.15, 0.2) is 5.65 Å². The summed E-state index contributed by atoms with van der Waals surface area (Å²) in [5.74, 6) is 0. The first-order chi connectivity index (χ1) is 11.8. The van der Waals surface area contributed by atoms with Crippen LogP contribution >= 0.6 is 0 Å². The van der Waals surface area contributed by atoms with Crippen molar-refractivity contribution in [1.82, 2.24) is 19.7 Å². The Kier molecular flexibility index (Phi) is 3.68. The summed E-state index contributed by atoms with van der Waals surface area (Å²) in [7, 11) is 0. The van der Waals surface area contributed by atoms with Crippen LogP contribution < -0.4 is 0 Å². The van der Waals surface area contributed by atoms with Gasteiger partial charge in [-0.3, -0.25) is 0 Å². The molecule has 0 spiro atoms. The van der Waals surface area contributed by atoms with Gasteiger partial charge in [-0.2, -0.15) is 5.10 Å². The second-order valence-electron chi connectivity index (χ2n) is 5.62. The zero-order valence-corrected chi connectivity index (χ0v) is 12.9. The van der Waals surface area contributed by atoms with Gasteiger partial charge >= 0.3 is 0 Å². The average Bonchev–Trinajstić information content (AvgIpc) is 2.98. The summed E-state index contributed by atoms with van der Waals surface area (Å²) >= 11 is 0. The maximum atomic E-state index is 9.82. The molecule has 6 heteroatoms. The lowest BCUT2D eigenvalue weighted by Crippen LogP contribution is -2.15. The second kappa shape index (κ2) is 5.99. The van der Waals surface area contributed by atoms with Gasteiger partial charge in [-0.05, 0) is 24.3 Å². The van der Waals surface area contributed by atoms with Gasteiger partial charge in [0.2, 0.25) is 0 Å². The van der Waals surface area contributed by atoms with Gasteiger partial charge in [-0.1, -0.05) is 30.3 Å². The van der Waals surface area contributed by atoms with Crippen molar-refractivity contribution >= 4 is 22.2 Å². The molecule has 0 saturated heterocycles. The summed E-state index contributed by atoms with van der Waals surface area (Å²) in [6, 6.07) is 17.3. The normalized spacial score (nSPS) is 12.8. The lowest BCUT2D eigenvalue weighted by molar-refractivity contribution is 0.0949. The Morgan fingerprint density at radius 3 is 2.29 bits per heavy atom. The number of aliphatic hydroxyl groups is 2. The number of para-hydroxylation sites is 3. The van der Waals surface area contributed by atoms with E-state index in [0.29, 0.717) is 16.9 Å². The van der Waals surface area contributed by atoms with Crippen molar-refractivity contribution in [3.8, 4) is 5.69 Å². The van der Waals surface area contributed by atoms with E-state index in [0.717, 1.165) is 16.7 Å². The molecule has 0 aliphatic rings. The Morgan fingerprint density at radius 1 is 0.917 bits per heavy atom. The van der Waals surface area contributed by atoms with Crippen LogP contribution in [0.4, 0.5) is 0 Å². The van der Waals surface area contributed by atoms with Crippen LogP contribution in [0.25, 0.3) is 27.9 Å². The molecule has 0 aliphatic carbocycles. The quantitative estimate of drug-likeness (QED) is 0.600. The molecule has 1 atom stereocenters. The Hall–Kier alpha value is -2.83. The second-order valence-corrected chi connectivity index (χ2v) is 5.62. The monoisotopic (exact) mass is 320 g/mol. The van der Waals surface area contributed by atoms with Crippen LogP contribution in [0.3, 0.4) is 0 Å². The van der Waals surface area contributed by atoms with Gasteiger partial charge in [-0.25, -0.2) is 14.6 Å². The molecule has 2 aromatic carbocycles.